The Morgan fingerprint density at radius 3 is 1.61 bits per heavy atom. The van der Waals surface area contributed by atoms with Gasteiger partial charge in [-0.05, 0) is 25.7 Å². The Labute approximate surface area is 110 Å². The van der Waals surface area contributed by atoms with Crippen LogP contribution in [0.4, 0.5) is 0 Å². The van der Waals surface area contributed by atoms with Crippen molar-refractivity contribution in [3.63, 3.8) is 0 Å². The number of rotatable bonds is 4. The monoisotopic (exact) mass is 272 g/mol. The third-order valence-corrected chi connectivity index (χ3v) is 9.04. The van der Waals surface area contributed by atoms with Gasteiger partial charge in [-0.1, -0.05) is 38.5 Å². The van der Waals surface area contributed by atoms with Crippen molar-refractivity contribution in [2.45, 2.75) is 75.5 Å². The van der Waals surface area contributed by atoms with Gasteiger partial charge in [-0.3, -0.25) is 4.79 Å². The lowest BCUT2D eigenvalue weighted by Crippen LogP contribution is -2.27. The molecular formula is C14H25O3P. The Bertz CT molecular complexity index is 306. The molecule has 0 aliphatic heterocycles. The molecule has 2 aliphatic carbocycles. The van der Waals surface area contributed by atoms with Crippen LogP contribution in [-0.4, -0.2) is 28.6 Å². The van der Waals surface area contributed by atoms with Crippen molar-refractivity contribution in [3.05, 3.63) is 0 Å². The first kappa shape index (κ1) is 14.1. The average Bonchev–Trinajstić information content (AvgIpc) is 2.40. The lowest BCUT2D eigenvalue weighted by atomic mass is 9.99. The molecule has 2 rings (SSSR count). The van der Waals surface area contributed by atoms with Crippen LogP contribution in [0.25, 0.3) is 0 Å². The quantitative estimate of drug-likeness (QED) is 0.784. The van der Waals surface area contributed by atoms with Crippen LogP contribution in [0.2, 0.25) is 0 Å². The molecule has 1 N–H and O–H groups in total. The molecule has 0 atom stereocenters. The van der Waals surface area contributed by atoms with Crippen LogP contribution in [-0.2, 0) is 9.36 Å². The first-order chi connectivity index (χ1) is 8.63. The molecule has 18 heavy (non-hydrogen) atoms. The lowest BCUT2D eigenvalue weighted by molar-refractivity contribution is -0.134. The minimum Gasteiger partial charge on any atom is -0.481 e. The fourth-order valence-electron chi connectivity index (χ4n) is 3.80. The number of carbonyl (C=O) groups is 1. The third-order valence-electron chi connectivity index (χ3n) is 4.77. The van der Waals surface area contributed by atoms with Gasteiger partial charge in [0.2, 0.25) is 0 Å². The van der Waals surface area contributed by atoms with E-state index in [1.807, 2.05) is 0 Å². The van der Waals surface area contributed by atoms with E-state index in [4.69, 9.17) is 5.11 Å². The second-order valence-electron chi connectivity index (χ2n) is 5.99. The predicted molar refractivity (Wildman–Crippen MR) is 73.9 cm³/mol. The first-order valence-corrected chi connectivity index (χ1v) is 9.46. The van der Waals surface area contributed by atoms with Crippen LogP contribution in [0.15, 0.2) is 0 Å². The molecule has 3 nitrogen and oxygen atoms in total. The number of hydrogen-bond acceptors (Lipinski definition) is 2. The number of aliphatic carboxylic acids is 1. The summed E-state index contributed by atoms with van der Waals surface area (Å²) < 4.78 is 13.4. The largest absolute Gasteiger partial charge is 0.481 e. The van der Waals surface area contributed by atoms with Gasteiger partial charge in [0.05, 0.1) is 6.16 Å². The number of carboxylic acids is 1. The molecule has 2 aliphatic rings. The molecular weight excluding hydrogens is 247 g/mol. The second kappa shape index (κ2) is 6.23. The molecule has 0 amide bonds. The molecule has 0 aromatic rings. The summed E-state index contributed by atoms with van der Waals surface area (Å²) in [5, 5.41) is 9.14. The van der Waals surface area contributed by atoms with Crippen LogP contribution in [0.1, 0.15) is 64.2 Å². The minimum absolute atomic E-state index is 0.0532. The van der Waals surface area contributed by atoms with Crippen molar-refractivity contribution in [3.8, 4) is 0 Å². The summed E-state index contributed by atoms with van der Waals surface area (Å²) in [6, 6.07) is 0. The highest BCUT2D eigenvalue weighted by Gasteiger charge is 2.42. The Balaban J connectivity index is 2.14. The lowest BCUT2D eigenvalue weighted by Gasteiger charge is -2.37. The maximum Gasteiger partial charge on any atom is 0.310 e. The van der Waals surface area contributed by atoms with E-state index in [1.54, 1.807) is 0 Å². The molecule has 2 saturated carbocycles. The van der Waals surface area contributed by atoms with E-state index in [2.05, 4.69) is 0 Å². The summed E-state index contributed by atoms with van der Waals surface area (Å²) in [5.74, 6) is -0.852. The van der Waals surface area contributed by atoms with Crippen molar-refractivity contribution in [1.82, 2.24) is 0 Å². The summed E-state index contributed by atoms with van der Waals surface area (Å²) in [5.41, 5.74) is 0.427. The molecule has 0 radical (unpaired) electrons. The van der Waals surface area contributed by atoms with E-state index in [1.165, 1.54) is 12.8 Å². The van der Waals surface area contributed by atoms with Crippen LogP contribution < -0.4 is 0 Å². The molecule has 4 heteroatoms. The standard InChI is InChI=1S/C14H25O3P/c15-14(16)11-18(17,12-7-3-1-4-8-12)13-9-5-2-6-10-13/h12-13H,1-11H2,(H,15,16). The van der Waals surface area contributed by atoms with Gasteiger partial charge in [0.25, 0.3) is 0 Å². The summed E-state index contributed by atoms with van der Waals surface area (Å²) in [6.45, 7) is 0. The highest BCUT2D eigenvalue weighted by atomic mass is 31.2. The van der Waals surface area contributed by atoms with Crippen LogP contribution in [0.5, 0.6) is 0 Å². The van der Waals surface area contributed by atoms with Crippen molar-refractivity contribution < 1.29 is 14.5 Å². The predicted octanol–water partition coefficient (Wildman–Crippen LogP) is 4.10. The van der Waals surface area contributed by atoms with Gasteiger partial charge in [-0.2, -0.15) is 0 Å². The SMILES string of the molecule is O=C(O)CP(=O)(C1CCCCC1)C1CCCCC1. The molecule has 0 heterocycles. The molecule has 104 valence electrons. The summed E-state index contributed by atoms with van der Waals surface area (Å²) in [4.78, 5) is 11.1. The van der Waals surface area contributed by atoms with E-state index in [0.717, 1.165) is 51.4 Å². The Hall–Kier alpha value is -0.300. The van der Waals surface area contributed by atoms with Gasteiger partial charge in [0.1, 0.15) is 7.14 Å². The first-order valence-electron chi connectivity index (χ1n) is 7.43. The zero-order valence-electron chi connectivity index (χ0n) is 11.1. The molecule has 0 aromatic carbocycles. The fraction of sp³-hybridized carbons (Fsp3) is 0.929. The average molecular weight is 272 g/mol. The molecule has 0 spiro atoms. The zero-order valence-corrected chi connectivity index (χ0v) is 12.0. The minimum atomic E-state index is -2.53. The smallest absolute Gasteiger partial charge is 0.310 e. The Kier molecular flexibility index (Phi) is 4.89. The van der Waals surface area contributed by atoms with E-state index < -0.39 is 13.1 Å². The maximum absolute atomic E-state index is 13.4. The van der Waals surface area contributed by atoms with Crippen molar-refractivity contribution in [2.75, 3.05) is 6.16 Å². The topological polar surface area (TPSA) is 54.4 Å². The van der Waals surface area contributed by atoms with E-state index in [9.17, 15) is 9.36 Å². The van der Waals surface area contributed by atoms with Gasteiger partial charge in [-0.15, -0.1) is 0 Å². The number of hydrogen-bond donors (Lipinski definition) is 1. The van der Waals surface area contributed by atoms with Gasteiger partial charge < -0.3 is 9.67 Å². The molecule has 0 unspecified atom stereocenters. The van der Waals surface area contributed by atoms with Crippen molar-refractivity contribution in [2.24, 2.45) is 0 Å². The molecule has 2 fully saturated rings. The Morgan fingerprint density at radius 2 is 1.28 bits per heavy atom. The van der Waals surface area contributed by atoms with E-state index in [0.29, 0.717) is 0 Å². The second-order valence-corrected chi connectivity index (χ2v) is 9.47. The fourth-order valence-corrected chi connectivity index (χ4v) is 7.82. The molecule has 0 saturated heterocycles. The van der Waals surface area contributed by atoms with Gasteiger partial charge >= 0.3 is 5.97 Å². The third kappa shape index (κ3) is 3.17. The molecule has 0 bridgehead atoms. The van der Waals surface area contributed by atoms with Crippen LogP contribution >= 0.6 is 7.14 Å². The zero-order chi connectivity index (χ0) is 13.0. The summed E-state index contributed by atoms with van der Waals surface area (Å²) >= 11 is 0. The van der Waals surface area contributed by atoms with Crippen LogP contribution in [0.3, 0.4) is 0 Å². The maximum atomic E-state index is 13.4. The van der Waals surface area contributed by atoms with E-state index >= 15 is 0 Å². The summed E-state index contributed by atoms with van der Waals surface area (Å²) in [6.07, 6.45) is 11.0. The number of carboxylic acid groups (broad SMARTS) is 1. The van der Waals surface area contributed by atoms with Crippen molar-refractivity contribution >= 4 is 13.1 Å². The normalized spacial score (nSPS) is 24.0. The van der Waals surface area contributed by atoms with E-state index in [-0.39, 0.29) is 17.5 Å². The highest BCUT2D eigenvalue weighted by Crippen LogP contribution is 2.62. The Morgan fingerprint density at radius 1 is 0.889 bits per heavy atom. The van der Waals surface area contributed by atoms with Crippen molar-refractivity contribution in [1.29, 1.82) is 0 Å². The van der Waals surface area contributed by atoms with Gasteiger partial charge in [0.15, 0.2) is 0 Å². The van der Waals surface area contributed by atoms with Crippen LogP contribution in [0, 0.1) is 0 Å². The molecule has 0 aromatic heterocycles. The highest BCUT2D eigenvalue weighted by molar-refractivity contribution is 7.66. The summed E-state index contributed by atoms with van der Waals surface area (Å²) in [7, 11) is -2.53. The van der Waals surface area contributed by atoms with Gasteiger partial charge in [0, 0.05) is 11.3 Å². The van der Waals surface area contributed by atoms with Gasteiger partial charge in [-0.25, -0.2) is 0 Å².